The van der Waals surface area contributed by atoms with Crippen LogP contribution in [0.4, 0.5) is 0 Å². The quantitative estimate of drug-likeness (QED) is 0.848. The van der Waals surface area contributed by atoms with E-state index in [0.717, 1.165) is 56.2 Å². The van der Waals surface area contributed by atoms with E-state index in [1.54, 1.807) is 10.5 Å². The zero-order valence-electron chi connectivity index (χ0n) is 12.7. The maximum Gasteiger partial charge on any atom is 0.258 e. The van der Waals surface area contributed by atoms with Crippen LogP contribution in [0.1, 0.15) is 18.2 Å². The molecule has 5 nitrogen and oxygen atoms in total. The molecule has 3 heterocycles. The molecular weight excluding hydrogens is 264 g/mol. The Bertz CT molecular complexity index is 686. The van der Waals surface area contributed by atoms with Crippen LogP contribution < -0.4 is 5.56 Å². The average molecular weight is 286 g/mol. The molecule has 0 atom stereocenters. The van der Waals surface area contributed by atoms with E-state index in [1.165, 1.54) is 0 Å². The Kier molecular flexibility index (Phi) is 4.03. The summed E-state index contributed by atoms with van der Waals surface area (Å²) in [6, 6.07) is 5.57. The molecule has 0 bridgehead atoms. The van der Waals surface area contributed by atoms with E-state index in [4.69, 9.17) is 0 Å². The van der Waals surface area contributed by atoms with Crippen molar-refractivity contribution in [1.82, 2.24) is 19.2 Å². The number of rotatable bonds is 3. The van der Waals surface area contributed by atoms with Gasteiger partial charge in [0.15, 0.2) is 0 Å². The summed E-state index contributed by atoms with van der Waals surface area (Å²) < 4.78 is 1.62. The summed E-state index contributed by atoms with van der Waals surface area (Å²) in [5, 5.41) is 0. The molecule has 0 aliphatic carbocycles. The minimum Gasteiger partial charge on any atom is -0.301 e. The van der Waals surface area contributed by atoms with Crippen molar-refractivity contribution in [2.45, 2.75) is 20.4 Å². The molecule has 0 radical (unpaired) electrons. The monoisotopic (exact) mass is 286 g/mol. The van der Waals surface area contributed by atoms with E-state index in [9.17, 15) is 4.79 Å². The molecule has 0 spiro atoms. The lowest BCUT2D eigenvalue weighted by atomic mass is 10.2. The summed E-state index contributed by atoms with van der Waals surface area (Å²) in [6.07, 6.45) is 1.84. The summed E-state index contributed by atoms with van der Waals surface area (Å²) in [4.78, 5) is 21.6. The maximum absolute atomic E-state index is 12.2. The molecule has 1 saturated heterocycles. The molecule has 1 fully saturated rings. The highest BCUT2D eigenvalue weighted by atomic mass is 16.1. The second-order valence-electron chi connectivity index (χ2n) is 5.73. The first-order valence-electron chi connectivity index (χ1n) is 7.59. The van der Waals surface area contributed by atoms with Crippen LogP contribution in [-0.2, 0) is 6.54 Å². The smallest absolute Gasteiger partial charge is 0.258 e. The van der Waals surface area contributed by atoms with E-state index in [-0.39, 0.29) is 5.56 Å². The van der Waals surface area contributed by atoms with Crippen molar-refractivity contribution in [3.63, 3.8) is 0 Å². The van der Waals surface area contributed by atoms with Crippen molar-refractivity contribution in [2.24, 2.45) is 0 Å². The van der Waals surface area contributed by atoms with Gasteiger partial charge in [0.1, 0.15) is 5.65 Å². The van der Waals surface area contributed by atoms with Crippen LogP contribution in [0.15, 0.2) is 29.2 Å². The fourth-order valence-electron chi connectivity index (χ4n) is 2.83. The Morgan fingerprint density at radius 1 is 1.14 bits per heavy atom. The Morgan fingerprint density at radius 2 is 1.86 bits per heavy atom. The van der Waals surface area contributed by atoms with Gasteiger partial charge in [0.05, 0.1) is 5.69 Å². The van der Waals surface area contributed by atoms with Gasteiger partial charge in [-0.15, -0.1) is 0 Å². The Balaban J connectivity index is 1.79. The third-order valence-electron chi connectivity index (χ3n) is 4.16. The van der Waals surface area contributed by atoms with Gasteiger partial charge in [-0.3, -0.25) is 14.1 Å². The number of piperazine rings is 1. The molecule has 2 aromatic heterocycles. The molecule has 0 saturated carbocycles. The maximum atomic E-state index is 12.2. The zero-order chi connectivity index (χ0) is 14.8. The minimum absolute atomic E-state index is 0.00546. The number of pyridine rings is 1. The van der Waals surface area contributed by atoms with Crippen LogP contribution >= 0.6 is 0 Å². The molecule has 1 aliphatic rings. The highest BCUT2D eigenvalue weighted by molar-refractivity contribution is 5.39. The summed E-state index contributed by atoms with van der Waals surface area (Å²) in [5.74, 6) is 0. The van der Waals surface area contributed by atoms with Crippen molar-refractivity contribution < 1.29 is 0 Å². The predicted octanol–water partition coefficient (Wildman–Crippen LogP) is 1.14. The van der Waals surface area contributed by atoms with Crippen molar-refractivity contribution in [1.29, 1.82) is 0 Å². The van der Waals surface area contributed by atoms with Gasteiger partial charge < -0.3 is 4.90 Å². The SMILES string of the molecule is CCN1CCN(Cc2cc(=O)n3cc(C)ccc3n2)CC1. The summed E-state index contributed by atoms with van der Waals surface area (Å²) >= 11 is 0. The lowest BCUT2D eigenvalue weighted by Gasteiger charge is -2.33. The first-order chi connectivity index (χ1) is 10.2. The first kappa shape index (κ1) is 14.2. The van der Waals surface area contributed by atoms with Crippen LogP contribution in [0.2, 0.25) is 0 Å². The topological polar surface area (TPSA) is 40.9 Å². The number of hydrogen-bond donors (Lipinski definition) is 0. The van der Waals surface area contributed by atoms with Gasteiger partial charge in [0.25, 0.3) is 5.56 Å². The molecular formula is C16H22N4O. The molecule has 21 heavy (non-hydrogen) atoms. The molecule has 0 aromatic carbocycles. The Labute approximate surface area is 124 Å². The van der Waals surface area contributed by atoms with Gasteiger partial charge in [-0.25, -0.2) is 4.98 Å². The fourth-order valence-corrected chi connectivity index (χ4v) is 2.83. The van der Waals surface area contributed by atoms with Gasteiger partial charge in [-0.1, -0.05) is 13.0 Å². The van der Waals surface area contributed by atoms with Gasteiger partial charge >= 0.3 is 0 Å². The second-order valence-corrected chi connectivity index (χ2v) is 5.73. The van der Waals surface area contributed by atoms with Crippen LogP contribution in [-0.4, -0.2) is 51.9 Å². The predicted molar refractivity (Wildman–Crippen MR) is 83.6 cm³/mol. The van der Waals surface area contributed by atoms with Crippen molar-refractivity contribution in [3.8, 4) is 0 Å². The van der Waals surface area contributed by atoms with Crippen LogP contribution in [0.5, 0.6) is 0 Å². The number of hydrogen-bond acceptors (Lipinski definition) is 4. The largest absolute Gasteiger partial charge is 0.301 e. The summed E-state index contributed by atoms with van der Waals surface area (Å²) in [6.45, 7) is 10.3. The first-order valence-corrected chi connectivity index (χ1v) is 7.59. The van der Waals surface area contributed by atoms with E-state index in [2.05, 4.69) is 21.7 Å². The normalized spacial score (nSPS) is 17.4. The van der Waals surface area contributed by atoms with Gasteiger partial charge in [0, 0.05) is 45.0 Å². The van der Waals surface area contributed by atoms with E-state index in [1.807, 2.05) is 25.3 Å². The summed E-state index contributed by atoms with van der Waals surface area (Å²) in [5.41, 5.74) is 2.67. The van der Waals surface area contributed by atoms with E-state index >= 15 is 0 Å². The highest BCUT2D eigenvalue weighted by Crippen LogP contribution is 2.07. The molecule has 0 N–H and O–H groups in total. The molecule has 5 heteroatoms. The molecule has 1 aliphatic heterocycles. The van der Waals surface area contributed by atoms with E-state index in [0.29, 0.717) is 0 Å². The van der Waals surface area contributed by atoms with Gasteiger partial charge in [0.2, 0.25) is 0 Å². The summed E-state index contributed by atoms with van der Waals surface area (Å²) in [7, 11) is 0. The fraction of sp³-hybridized carbons (Fsp3) is 0.500. The average Bonchev–Trinajstić information content (AvgIpc) is 2.49. The number of aryl methyl sites for hydroxylation is 1. The molecule has 2 aromatic rings. The highest BCUT2D eigenvalue weighted by Gasteiger charge is 2.16. The van der Waals surface area contributed by atoms with E-state index < -0.39 is 0 Å². The number of fused-ring (bicyclic) bond motifs is 1. The minimum atomic E-state index is 0.00546. The van der Waals surface area contributed by atoms with Crippen molar-refractivity contribution >= 4 is 5.65 Å². The zero-order valence-corrected chi connectivity index (χ0v) is 12.7. The third kappa shape index (κ3) is 3.14. The number of likely N-dealkylation sites (N-methyl/N-ethyl adjacent to an activating group) is 1. The van der Waals surface area contributed by atoms with Crippen molar-refractivity contribution in [3.05, 3.63) is 46.0 Å². The van der Waals surface area contributed by atoms with Crippen LogP contribution in [0.25, 0.3) is 5.65 Å². The molecule has 0 amide bonds. The van der Waals surface area contributed by atoms with Crippen LogP contribution in [0.3, 0.4) is 0 Å². The standard InChI is InChI=1S/C16H22N4O/c1-3-18-6-8-19(9-7-18)12-14-10-16(21)20-11-13(2)4-5-15(20)17-14/h4-5,10-11H,3,6-9,12H2,1-2H3. The molecule has 0 unspecified atom stereocenters. The van der Waals surface area contributed by atoms with Gasteiger partial charge in [-0.2, -0.15) is 0 Å². The Hall–Kier alpha value is -1.72. The lowest BCUT2D eigenvalue weighted by Crippen LogP contribution is -2.45. The molecule has 112 valence electrons. The van der Waals surface area contributed by atoms with Crippen molar-refractivity contribution in [2.75, 3.05) is 32.7 Å². The third-order valence-corrected chi connectivity index (χ3v) is 4.16. The Morgan fingerprint density at radius 3 is 2.57 bits per heavy atom. The molecule has 3 rings (SSSR count). The number of aromatic nitrogens is 2. The number of nitrogens with zero attached hydrogens (tertiary/aromatic N) is 4. The lowest BCUT2D eigenvalue weighted by molar-refractivity contribution is 0.131. The van der Waals surface area contributed by atoms with Gasteiger partial charge in [-0.05, 0) is 25.1 Å². The second kappa shape index (κ2) is 5.95. The van der Waals surface area contributed by atoms with Crippen LogP contribution in [0, 0.1) is 6.92 Å².